The number of carboxylic acids is 2. The minimum absolute atomic E-state index is 0.0767. The van der Waals surface area contributed by atoms with Crippen molar-refractivity contribution < 1.29 is 39.3 Å². The number of hydrogen-bond donors (Lipinski definition) is 8. The number of amides is 3. The average Bonchev–Trinajstić information content (AvgIpc) is 3.25. The summed E-state index contributed by atoms with van der Waals surface area (Å²) in [4.78, 5) is 66.2. The fourth-order valence-corrected chi connectivity index (χ4v) is 2.75. The first-order valence-corrected chi connectivity index (χ1v) is 10.2. The zero-order chi connectivity index (χ0) is 25.1. The Balaban J connectivity index is 2.92. The first-order chi connectivity index (χ1) is 15.5. The number of hydrogen-bond acceptors (Lipinski definition) is 8. The topological polar surface area (TPSA) is 237 Å². The largest absolute Gasteiger partial charge is 0.481 e. The summed E-state index contributed by atoms with van der Waals surface area (Å²) in [7, 11) is 0. The summed E-state index contributed by atoms with van der Waals surface area (Å²) in [5.74, 6) is -5.43. The van der Waals surface area contributed by atoms with E-state index in [9.17, 15) is 34.2 Å². The molecule has 0 aliphatic carbocycles. The maximum Gasteiger partial charge on any atom is 0.326 e. The highest BCUT2D eigenvalue weighted by molar-refractivity contribution is 5.94. The van der Waals surface area contributed by atoms with Crippen LogP contribution >= 0.6 is 0 Å². The van der Waals surface area contributed by atoms with Gasteiger partial charge in [-0.3, -0.25) is 19.2 Å². The molecule has 0 aliphatic heterocycles. The molecule has 184 valence electrons. The third-order valence-corrected chi connectivity index (χ3v) is 4.66. The van der Waals surface area contributed by atoms with Gasteiger partial charge in [0.25, 0.3) is 0 Å². The highest BCUT2D eigenvalue weighted by Gasteiger charge is 2.31. The van der Waals surface area contributed by atoms with Crippen LogP contribution in [0.5, 0.6) is 0 Å². The van der Waals surface area contributed by atoms with Gasteiger partial charge in [-0.15, -0.1) is 0 Å². The lowest BCUT2D eigenvalue weighted by Gasteiger charge is -2.25. The lowest BCUT2D eigenvalue weighted by atomic mass is 10.0. The summed E-state index contributed by atoms with van der Waals surface area (Å²) in [5.41, 5.74) is 6.15. The van der Waals surface area contributed by atoms with Gasteiger partial charge in [0, 0.05) is 24.7 Å². The zero-order valence-electron chi connectivity index (χ0n) is 18.3. The molecule has 0 saturated carbocycles. The fraction of sp³-hybridized carbons (Fsp3) is 0.579. The Morgan fingerprint density at radius 3 is 2.12 bits per heavy atom. The number of carboxylic acid groups (broad SMARTS) is 2. The summed E-state index contributed by atoms with van der Waals surface area (Å²) in [5, 5.41) is 34.4. The number of nitrogens with zero attached hydrogens (tertiary/aromatic N) is 1. The van der Waals surface area contributed by atoms with E-state index in [-0.39, 0.29) is 19.3 Å². The number of aliphatic carboxylic acids is 2. The fourth-order valence-electron chi connectivity index (χ4n) is 2.75. The molecule has 0 fully saturated rings. The number of nitrogens with two attached hydrogens (primary N) is 1. The van der Waals surface area contributed by atoms with Crippen LogP contribution in [-0.4, -0.2) is 85.7 Å². The maximum absolute atomic E-state index is 12.8. The molecule has 0 radical (unpaired) electrons. The quantitative estimate of drug-likeness (QED) is 0.140. The minimum Gasteiger partial charge on any atom is -0.481 e. The molecule has 4 unspecified atom stereocenters. The Bertz CT molecular complexity index is 828. The number of aromatic nitrogens is 2. The summed E-state index contributed by atoms with van der Waals surface area (Å²) >= 11 is 0. The van der Waals surface area contributed by atoms with Crippen LogP contribution in [-0.2, 0) is 30.4 Å². The lowest BCUT2D eigenvalue weighted by Crippen LogP contribution is -2.59. The normalized spacial score (nSPS) is 14.6. The summed E-state index contributed by atoms with van der Waals surface area (Å²) in [6.07, 6.45) is 2.18. The van der Waals surface area contributed by atoms with Crippen LogP contribution in [0.2, 0.25) is 0 Å². The molecule has 0 saturated heterocycles. The third kappa shape index (κ3) is 9.24. The molecule has 14 nitrogen and oxygen atoms in total. The van der Waals surface area contributed by atoms with Crippen LogP contribution in [0, 0.1) is 5.92 Å². The Hall–Kier alpha value is -3.52. The third-order valence-electron chi connectivity index (χ3n) is 4.66. The molecule has 4 atom stereocenters. The first-order valence-electron chi connectivity index (χ1n) is 10.2. The lowest BCUT2D eigenvalue weighted by molar-refractivity contribution is -0.144. The van der Waals surface area contributed by atoms with Gasteiger partial charge in [0.1, 0.15) is 18.1 Å². The van der Waals surface area contributed by atoms with E-state index in [4.69, 9.17) is 10.8 Å². The van der Waals surface area contributed by atoms with E-state index in [1.807, 2.05) is 0 Å². The maximum atomic E-state index is 12.8. The van der Waals surface area contributed by atoms with E-state index in [1.54, 1.807) is 13.8 Å². The molecule has 0 aliphatic rings. The van der Waals surface area contributed by atoms with Gasteiger partial charge in [0.15, 0.2) is 0 Å². The SMILES string of the molecule is CC(C)C(NC(=O)C(CO)NC(=O)C(Cc1cnc[nH]1)NC(=O)C(N)CCC(=O)O)C(=O)O. The van der Waals surface area contributed by atoms with Crippen molar-refractivity contribution >= 4 is 29.7 Å². The van der Waals surface area contributed by atoms with E-state index in [0.29, 0.717) is 5.69 Å². The van der Waals surface area contributed by atoms with Crippen LogP contribution in [0.15, 0.2) is 12.5 Å². The van der Waals surface area contributed by atoms with Gasteiger partial charge in [-0.05, 0) is 12.3 Å². The molecule has 1 aromatic heterocycles. The van der Waals surface area contributed by atoms with Gasteiger partial charge < -0.3 is 42.0 Å². The number of carbonyl (C=O) groups excluding carboxylic acids is 3. The van der Waals surface area contributed by atoms with Crippen molar-refractivity contribution in [3.8, 4) is 0 Å². The second kappa shape index (κ2) is 13.1. The minimum atomic E-state index is -1.49. The van der Waals surface area contributed by atoms with Gasteiger partial charge in [-0.1, -0.05) is 13.8 Å². The molecule has 33 heavy (non-hydrogen) atoms. The highest BCUT2D eigenvalue weighted by Crippen LogP contribution is 2.04. The molecule has 1 rings (SSSR count). The molecular formula is C19H30N6O8. The van der Waals surface area contributed by atoms with Gasteiger partial charge >= 0.3 is 11.9 Å². The average molecular weight is 470 g/mol. The van der Waals surface area contributed by atoms with Crippen LogP contribution in [0.1, 0.15) is 32.4 Å². The van der Waals surface area contributed by atoms with Crippen molar-refractivity contribution in [3.05, 3.63) is 18.2 Å². The standard InChI is InChI=1S/C19H30N6O8/c1-9(2)15(19(32)33)25-18(31)13(7-26)24-17(30)12(5-10-6-21-8-22-10)23-16(29)11(20)3-4-14(27)28/h6,8-9,11-13,15,26H,3-5,7,20H2,1-2H3,(H,21,22)(H,23,29)(H,24,30)(H,25,31)(H,27,28)(H,32,33). The molecule has 1 aromatic rings. The molecule has 0 aromatic carbocycles. The number of imidazole rings is 1. The van der Waals surface area contributed by atoms with Crippen molar-refractivity contribution in [1.29, 1.82) is 0 Å². The number of aliphatic hydroxyl groups excluding tert-OH is 1. The van der Waals surface area contributed by atoms with Crippen molar-refractivity contribution in [2.45, 2.75) is 57.3 Å². The number of H-pyrrole nitrogens is 1. The van der Waals surface area contributed by atoms with Crippen molar-refractivity contribution in [3.63, 3.8) is 0 Å². The summed E-state index contributed by atoms with van der Waals surface area (Å²) in [6.45, 7) is 2.33. The van der Waals surface area contributed by atoms with Gasteiger partial charge in [-0.25, -0.2) is 9.78 Å². The molecule has 1 heterocycles. The Labute approximate surface area is 189 Å². The van der Waals surface area contributed by atoms with Crippen LogP contribution in [0.4, 0.5) is 0 Å². The van der Waals surface area contributed by atoms with E-state index < -0.39 is 66.4 Å². The van der Waals surface area contributed by atoms with Gasteiger partial charge in [0.05, 0.1) is 19.0 Å². The molecule has 3 amide bonds. The summed E-state index contributed by atoms with van der Waals surface area (Å²) in [6, 6.07) is -5.18. The van der Waals surface area contributed by atoms with E-state index in [1.165, 1.54) is 12.5 Å². The van der Waals surface area contributed by atoms with Crippen LogP contribution < -0.4 is 21.7 Å². The smallest absolute Gasteiger partial charge is 0.326 e. The van der Waals surface area contributed by atoms with Gasteiger partial charge in [-0.2, -0.15) is 0 Å². The summed E-state index contributed by atoms with van der Waals surface area (Å²) < 4.78 is 0. The Kier molecular flexibility index (Phi) is 10.9. The second-order valence-corrected chi connectivity index (χ2v) is 7.69. The Morgan fingerprint density at radius 1 is 1.03 bits per heavy atom. The number of aliphatic hydroxyl groups is 1. The molecule has 0 bridgehead atoms. The predicted molar refractivity (Wildman–Crippen MR) is 112 cm³/mol. The number of aromatic amines is 1. The molecule has 0 spiro atoms. The molecule has 14 heteroatoms. The monoisotopic (exact) mass is 470 g/mol. The molecule has 9 N–H and O–H groups in total. The van der Waals surface area contributed by atoms with Crippen molar-refractivity contribution in [2.75, 3.05) is 6.61 Å². The number of rotatable bonds is 14. The number of nitrogens with one attached hydrogen (secondary N) is 4. The predicted octanol–water partition coefficient (Wildman–Crippen LogP) is -2.67. The molecular weight excluding hydrogens is 440 g/mol. The van der Waals surface area contributed by atoms with Gasteiger partial charge in [0.2, 0.25) is 17.7 Å². The first kappa shape index (κ1) is 27.5. The van der Waals surface area contributed by atoms with E-state index in [0.717, 1.165) is 0 Å². The van der Waals surface area contributed by atoms with Crippen LogP contribution in [0.25, 0.3) is 0 Å². The second-order valence-electron chi connectivity index (χ2n) is 7.69. The Morgan fingerprint density at radius 2 is 1.64 bits per heavy atom. The van der Waals surface area contributed by atoms with Crippen LogP contribution in [0.3, 0.4) is 0 Å². The highest BCUT2D eigenvalue weighted by atomic mass is 16.4. The van der Waals surface area contributed by atoms with E-state index >= 15 is 0 Å². The van der Waals surface area contributed by atoms with E-state index in [2.05, 4.69) is 25.9 Å². The van der Waals surface area contributed by atoms with Crippen molar-refractivity contribution in [2.24, 2.45) is 11.7 Å². The van der Waals surface area contributed by atoms with Crippen molar-refractivity contribution in [1.82, 2.24) is 25.9 Å². The zero-order valence-corrected chi connectivity index (χ0v) is 18.3. The number of carbonyl (C=O) groups is 5.